The van der Waals surface area contributed by atoms with Gasteiger partial charge in [0.05, 0.1) is 19.8 Å². The predicted molar refractivity (Wildman–Crippen MR) is 86.8 cm³/mol. The molecule has 0 fully saturated rings. The van der Waals surface area contributed by atoms with Gasteiger partial charge in [0.25, 0.3) is 5.91 Å². The highest BCUT2D eigenvalue weighted by Crippen LogP contribution is 2.24. The minimum atomic E-state index is -0.597. The van der Waals surface area contributed by atoms with Crippen LogP contribution in [-0.4, -0.2) is 36.9 Å². The lowest BCUT2D eigenvalue weighted by Crippen LogP contribution is -2.14. The Balaban J connectivity index is 2.41. The maximum atomic E-state index is 11.6. The zero-order valence-corrected chi connectivity index (χ0v) is 13.2. The number of aromatic amines is 1. The van der Waals surface area contributed by atoms with Crippen molar-refractivity contribution in [1.29, 1.82) is 0 Å². The smallest absolute Gasteiger partial charge is 0.255 e. The van der Waals surface area contributed by atoms with Crippen LogP contribution in [0.15, 0.2) is 18.2 Å². The lowest BCUT2D eigenvalue weighted by Gasteiger charge is -2.05. The number of H-pyrrole nitrogens is 1. The van der Waals surface area contributed by atoms with Crippen molar-refractivity contribution in [3.8, 4) is 23.3 Å². The average Bonchev–Trinajstić information content (AvgIpc) is 2.96. The number of benzene rings is 1. The zero-order valence-electron chi connectivity index (χ0n) is 13.2. The van der Waals surface area contributed by atoms with Crippen molar-refractivity contribution in [3.05, 3.63) is 35.0 Å². The lowest BCUT2D eigenvalue weighted by atomic mass is 10.1. The Hall–Kier alpha value is -3.14. The quantitative estimate of drug-likeness (QED) is 0.723. The van der Waals surface area contributed by atoms with Crippen LogP contribution in [0.5, 0.6) is 11.5 Å². The Morgan fingerprint density at radius 3 is 2.74 bits per heavy atom. The highest BCUT2D eigenvalue weighted by molar-refractivity contribution is 5.99. The van der Waals surface area contributed by atoms with Crippen molar-refractivity contribution in [2.75, 3.05) is 26.1 Å². The third kappa shape index (κ3) is 3.55. The molecule has 1 aromatic heterocycles. The van der Waals surface area contributed by atoms with Crippen LogP contribution in [0.25, 0.3) is 0 Å². The van der Waals surface area contributed by atoms with Gasteiger partial charge in [0.15, 0.2) is 5.82 Å². The van der Waals surface area contributed by atoms with Gasteiger partial charge in [0.2, 0.25) is 0 Å². The van der Waals surface area contributed by atoms with Gasteiger partial charge < -0.3 is 20.5 Å². The zero-order chi connectivity index (χ0) is 16.8. The fraction of sp³-hybridized carbons (Fsp3) is 0.250. The number of primary amides is 1. The summed E-state index contributed by atoms with van der Waals surface area (Å²) in [7, 11) is 3.13. The summed E-state index contributed by atoms with van der Waals surface area (Å²) in [5, 5.41) is 9.70. The Morgan fingerprint density at radius 2 is 2.13 bits per heavy atom. The van der Waals surface area contributed by atoms with Crippen LogP contribution in [0.4, 0.5) is 5.82 Å². The molecule has 0 unspecified atom stereocenters. The van der Waals surface area contributed by atoms with E-state index in [4.69, 9.17) is 15.2 Å². The lowest BCUT2D eigenvalue weighted by molar-refractivity contribution is 0.100. The predicted octanol–water partition coefficient (Wildman–Crippen LogP) is 1.36. The number of rotatable bonds is 5. The van der Waals surface area contributed by atoms with Gasteiger partial charge in [0.1, 0.15) is 22.8 Å². The second-order valence-corrected chi connectivity index (χ2v) is 4.53. The van der Waals surface area contributed by atoms with Crippen LogP contribution in [0.2, 0.25) is 0 Å². The first-order valence-corrected chi connectivity index (χ1v) is 6.96. The van der Waals surface area contributed by atoms with E-state index in [1.165, 1.54) is 0 Å². The maximum Gasteiger partial charge on any atom is 0.255 e. The standard InChI is InChI=1S/C16H18N4O3/c1-4-18-16-14(15(17)21)12(19-20-16)8-6-10-5-7-11(22-2)9-13(10)23-3/h5,7,9H,4H2,1-3H3,(H2,17,21)(H2,18,19,20). The minimum Gasteiger partial charge on any atom is -0.497 e. The highest BCUT2D eigenvalue weighted by Gasteiger charge is 2.16. The van der Waals surface area contributed by atoms with E-state index in [0.29, 0.717) is 35.1 Å². The molecule has 23 heavy (non-hydrogen) atoms. The van der Waals surface area contributed by atoms with Crippen LogP contribution in [0.1, 0.15) is 28.5 Å². The number of hydrogen-bond donors (Lipinski definition) is 3. The monoisotopic (exact) mass is 314 g/mol. The van der Waals surface area contributed by atoms with E-state index in [-0.39, 0.29) is 5.56 Å². The molecule has 2 aromatic rings. The molecule has 1 amide bonds. The van der Waals surface area contributed by atoms with E-state index in [0.717, 1.165) is 0 Å². The summed E-state index contributed by atoms with van der Waals surface area (Å²) >= 11 is 0. The largest absolute Gasteiger partial charge is 0.497 e. The summed E-state index contributed by atoms with van der Waals surface area (Å²) in [4.78, 5) is 11.6. The fourth-order valence-corrected chi connectivity index (χ4v) is 2.00. The van der Waals surface area contributed by atoms with Crippen LogP contribution in [0.3, 0.4) is 0 Å². The molecule has 1 heterocycles. The molecular formula is C16H18N4O3. The topological polar surface area (TPSA) is 102 Å². The summed E-state index contributed by atoms with van der Waals surface area (Å²) in [6.45, 7) is 2.51. The third-order valence-corrected chi connectivity index (χ3v) is 3.09. The van der Waals surface area contributed by atoms with Crippen LogP contribution in [-0.2, 0) is 0 Å². The normalized spacial score (nSPS) is 9.70. The maximum absolute atomic E-state index is 11.6. The summed E-state index contributed by atoms with van der Waals surface area (Å²) in [6, 6.07) is 5.28. The van der Waals surface area contributed by atoms with E-state index in [1.807, 2.05) is 6.92 Å². The molecule has 0 aliphatic rings. The van der Waals surface area contributed by atoms with Gasteiger partial charge in [-0.1, -0.05) is 5.92 Å². The molecule has 7 nitrogen and oxygen atoms in total. The molecular weight excluding hydrogens is 296 g/mol. The second-order valence-electron chi connectivity index (χ2n) is 4.53. The molecule has 0 radical (unpaired) electrons. The number of amides is 1. The van der Waals surface area contributed by atoms with Crippen LogP contribution < -0.4 is 20.5 Å². The summed E-state index contributed by atoms with van der Waals surface area (Å²) in [6.07, 6.45) is 0. The van der Waals surface area contributed by atoms with E-state index in [9.17, 15) is 4.79 Å². The Kier molecular flexibility index (Phi) is 5.10. The Labute approximate surface area is 134 Å². The summed E-state index contributed by atoms with van der Waals surface area (Å²) in [5.74, 6) is 6.86. The van der Waals surface area contributed by atoms with E-state index in [2.05, 4.69) is 27.4 Å². The number of carbonyl (C=O) groups is 1. The molecule has 1 aromatic carbocycles. The van der Waals surface area contributed by atoms with E-state index < -0.39 is 5.91 Å². The van der Waals surface area contributed by atoms with Crippen molar-refractivity contribution in [2.24, 2.45) is 5.73 Å². The van der Waals surface area contributed by atoms with Crippen molar-refractivity contribution in [3.63, 3.8) is 0 Å². The first-order valence-electron chi connectivity index (χ1n) is 6.96. The van der Waals surface area contributed by atoms with Gasteiger partial charge in [-0.2, -0.15) is 5.10 Å². The van der Waals surface area contributed by atoms with E-state index >= 15 is 0 Å². The van der Waals surface area contributed by atoms with Gasteiger partial charge >= 0.3 is 0 Å². The van der Waals surface area contributed by atoms with Gasteiger partial charge in [-0.05, 0) is 25.0 Å². The number of carbonyl (C=O) groups excluding carboxylic acids is 1. The number of nitrogens with zero attached hydrogens (tertiary/aromatic N) is 1. The van der Waals surface area contributed by atoms with Gasteiger partial charge in [-0.3, -0.25) is 9.89 Å². The number of nitrogens with two attached hydrogens (primary N) is 1. The van der Waals surface area contributed by atoms with Gasteiger partial charge in [-0.15, -0.1) is 0 Å². The first-order chi connectivity index (χ1) is 11.1. The molecule has 0 saturated carbocycles. The van der Waals surface area contributed by atoms with Crippen molar-refractivity contribution >= 4 is 11.7 Å². The summed E-state index contributed by atoms with van der Waals surface area (Å²) in [5.41, 5.74) is 6.66. The van der Waals surface area contributed by atoms with Gasteiger partial charge in [-0.25, -0.2) is 0 Å². The molecule has 0 saturated heterocycles. The van der Waals surface area contributed by atoms with E-state index in [1.54, 1.807) is 32.4 Å². The molecule has 0 aliphatic heterocycles. The molecule has 0 spiro atoms. The number of hydrogen-bond acceptors (Lipinski definition) is 5. The van der Waals surface area contributed by atoms with Crippen molar-refractivity contribution in [2.45, 2.75) is 6.92 Å². The molecule has 0 bridgehead atoms. The van der Waals surface area contributed by atoms with Crippen molar-refractivity contribution < 1.29 is 14.3 Å². The van der Waals surface area contributed by atoms with Crippen molar-refractivity contribution in [1.82, 2.24) is 10.2 Å². The van der Waals surface area contributed by atoms with Gasteiger partial charge in [0, 0.05) is 12.6 Å². The number of anilines is 1. The van der Waals surface area contributed by atoms with Crippen LogP contribution in [0, 0.1) is 11.8 Å². The second kappa shape index (κ2) is 7.22. The number of methoxy groups -OCH3 is 2. The third-order valence-electron chi connectivity index (χ3n) is 3.09. The molecule has 0 atom stereocenters. The SMILES string of the molecule is CCNc1n[nH]c(C#Cc2ccc(OC)cc2OC)c1C(N)=O. The molecule has 4 N–H and O–H groups in total. The Morgan fingerprint density at radius 1 is 1.35 bits per heavy atom. The minimum absolute atomic E-state index is 0.242. The molecule has 0 aliphatic carbocycles. The molecule has 7 heteroatoms. The van der Waals surface area contributed by atoms with Crippen LogP contribution >= 0.6 is 0 Å². The number of nitrogens with one attached hydrogen (secondary N) is 2. The summed E-state index contributed by atoms with van der Waals surface area (Å²) < 4.78 is 10.4. The molecule has 2 rings (SSSR count). The highest BCUT2D eigenvalue weighted by atomic mass is 16.5. The number of aromatic nitrogens is 2. The fourth-order valence-electron chi connectivity index (χ4n) is 2.00. The molecule has 120 valence electrons. The average molecular weight is 314 g/mol. The Bertz CT molecular complexity index is 771. The first kappa shape index (κ1) is 16.2. The number of ether oxygens (including phenoxy) is 2.